The van der Waals surface area contributed by atoms with E-state index < -0.39 is 5.72 Å². The highest BCUT2D eigenvalue weighted by Crippen LogP contribution is 2.47. The van der Waals surface area contributed by atoms with Gasteiger partial charge in [0.25, 0.3) is 0 Å². The summed E-state index contributed by atoms with van der Waals surface area (Å²) in [6.07, 6.45) is 0.655. The molecule has 2 heterocycles. The van der Waals surface area contributed by atoms with Crippen LogP contribution < -0.4 is 19.7 Å². The Morgan fingerprint density at radius 2 is 2.16 bits per heavy atom. The van der Waals surface area contributed by atoms with Gasteiger partial charge in [-0.25, -0.2) is 4.79 Å². The van der Waals surface area contributed by atoms with Gasteiger partial charge >= 0.3 is 6.03 Å². The van der Waals surface area contributed by atoms with Crippen molar-refractivity contribution in [1.29, 1.82) is 0 Å². The lowest BCUT2D eigenvalue weighted by Gasteiger charge is -2.50. The van der Waals surface area contributed by atoms with Crippen LogP contribution in [0.4, 0.5) is 10.5 Å². The largest absolute Gasteiger partial charge is 0.492 e. The van der Waals surface area contributed by atoms with Crippen molar-refractivity contribution in [3.05, 3.63) is 52.5 Å². The zero-order valence-electron chi connectivity index (χ0n) is 14.1. The van der Waals surface area contributed by atoms with Crippen LogP contribution in [0.15, 0.2) is 46.9 Å². The number of nitrogens with one attached hydrogen (secondary N) is 1. The van der Waals surface area contributed by atoms with Crippen LogP contribution in [0, 0.1) is 0 Å². The maximum Gasteiger partial charge on any atom is 0.325 e. The van der Waals surface area contributed by atoms with Gasteiger partial charge in [0.15, 0.2) is 5.72 Å². The first-order valence-corrected chi connectivity index (χ1v) is 9.12. The number of urea groups is 1. The number of anilines is 1. The van der Waals surface area contributed by atoms with Gasteiger partial charge < -0.3 is 14.8 Å². The summed E-state index contributed by atoms with van der Waals surface area (Å²) in [7, 11) is 0. The molecule has 0 aliphatic carbocycles. The van der Waals surface area contributed by atoms with E-state index in [0.29, 0.717) is 24.5 Å². The molecule has 6 heteroatoms. The predicted octanol–water partition coefficient (Wildman–Crippen LogP) is 4.62. The van der Waals surface area contributed by atoms with Crippen LogP contribution in [-0.2, 0) is 0 Å². The number of fused-ring (bicyclic) bond motifs is 4. The average molecular weight is 403 g/mol. The molecule has 130 valence electrons. The molecule has 1 N–H and O–H groups in total. The van der Waals surface area contributed by atoms with Gasteiger partial charge in [-0.2, -0.15) is 0 Å². The lowest BCUT2D eigenvalue weighted by Crippen LogP contribution is -2.65. The molecule has 2 aliphatic heterocycles. The Kier molecular flexibility index (Phi) is 3.87. The molecule has 2 amide bonds. The number of hydrogen-bond acceptors (Lipinski definition) is 3. The zero-order valence-corrected chi connectivity index (χ0v) is 15.7. The molecule has 4 rings (SSSR count). The van der Waals surface area contributed by atoms with Gasteiger partial charge in [-0.15, -0.1) is 0 Å². The third kappa shape index (κ3) is 2.65. The van der Waals surface area contributed by atoms with Crippen molar-refractivity contribution in [2.75, 3.05) is 11.5 Å². The molecule has 2 atom stereocenters. The Labute approximate surface area is 155 Å². The number of para-hydroxylation sites is 2. The first-order chi connectivity index (χ1) is 12.0. The number of carbonyl (C=O) groups is 1. The van der Waals surface area contributed by atoms with E-state index in [-0.39, 0.29) is 12.1 Å². The summed E-state index contributed by atoms with van der Waals surface area (Å²) >= 11 is 3.49. The fourth-order valence-electron chi connectivity index (χ4n) is 3.63. The number of ether oxygens (including phenoxy) is 2. The van der Waals surface area contributed by atoms with Crippen molar-refractivity contribution in [3.63, 3.8) is 0 Å². The molecule has 1 fully saturated rings. The molecule has 1 saturated heterocycles. The topological polar surface area (TPSA) is 50.8 Å². The minimum atomic E-state index is -0.777. The maximum atomic E-state index is 12.9. The molecular formula is C19H19BrN2O3. The van der Waals surface area contributed by atoms with Crippen LogP contribution in [-0.4, -0.2) is 18.4 Å². The molecule has 2 aromatic carbocycles. The van der Waals surface area contributed by atoms with Crippen molar-refractivity contribution in [3.8, 4) is 11.5 Å². The van der Waals surface area contributed by atoms with Gasteiger partial charge in [0.05, 0.1) is 18.3 Å². The van der Waals surface area contributed by atoms with Gasteiger partial charge in [-0.1, -0.05) is 28.1 Å². The molecule has 5 nitrogen and oxygen atoms in total. The van der Waals surface area contributed by atoms with Crippen molar-refractivity contribution in [2.24, 2.45) is 0 Å². The first kappa shape index (κ1) is 16.3. The molecule has 2 aliphatic rings. The normalized spacial score (nSPS) is 24.2. The second-order valence-corrected chi connectivity index (χ2v) is 7.32. The fraction of sp³-hybridized carbons (Fsp3) is 0.316. The molecule has 0 unspecified atom stereocenters. The summed E-state index contributed by atoms with van der Waals surface area (Å²) < 4.78 is 13.0. The fourth-order valence-corrected chi connectivity index (χ4v) is 4.01. The van der Waals surface area contributed by atoms with Crippen LogP contribution in [0.1, 0.15) is 31.9 Å². The summed E-state index contributed by atoms with van der Waals surface area (Å²) in [5.74, 6) is 1.46. The Hall–Kier alpha value is -2.21. The van der Waals surface area contributed by atoms with Crippen molar-refractivity contribution in [1.82, 2.24) is 5.32 Å². The lowest BCUT2D eigenvalue weighted by molar-refractivity contribution is 0.0374. The Morgan fingerprint density at radius 3 is 2.96 bits per heavy atom. The molecule has 25 heavy (non-hydrogen) atoms. The summed E-state index contributed by atoms with van der Waals surface area (Å²) in [5.41, 5.74) is 0.933. The van der Waals surface area contributed by atoms with Crippen molar-refractivity contribution < 1.29 is 14.3 Å². The van der Waals surface area contributed by atoms with E-state index in [4.69, 9.17) is 9.47 Å². The molecule has 0 saturated carbocycles. The highest BCUT2D eigenvalue weighted by atomic mass is 79.9. The van der Waals surface area contributed by atoms with Crippen LogP contribution in [0.3, 0.4) is 0 Å². The third-order valence-corrected chi connectivity index (χ3v) is 5.13. The number of benzene rings is 2. The van der Waals surface area contributed by atoms with E-state index in [1.54, 1.807) is 4.90 Å². The summed E-state index contributed by atoms with van der Waals surface area (Å²) in [6, 6.07) is 13.2. The smallest absolute Gasteiger partial charge is 0.325 e. The third-order valence-electron chi connectivity index (χ3n) is 4.64. The van der Waals surface area contributed by atoms with Gasteiger partial charge in [0.1, 0.15) is 11.5 Å². The van der Waals surface area contributed by atoms with Crippen molar-refractivity contribution in [2.45, 2.75) is 32.0 Å². The highest BCUT2D eigenvalue weighted by molar-refractivity contribution is 9.10. The Balaban J connectivity index is 1.80. The maximum absolute atomic E-state index is 12.9. The number of hydrogen-bond donors (Lipinski definition) is 1. The van der Waals surface area contributed by atoms with E-state index in [0.717, 1.165) is 15.8 Å². The standard InChI is InChI=1S/C19H19BrN2O3/c1-3-24-17-7-5-4-6-15(17)22-18(23)21-14-11-19(22,2)25-16-9-8-12(20)10-13(14)16/h4-10,14H,3,11H2,1-2H3,(H,21,23)/t14-,19-/m1/s1. The number of halogens is 1. The molecule has 0 radical (unpaired) electrons. The first-order valence-electron chi connectivity index (χ1n) is 8.33. The van der Waals surface area contributed by atoms with Gasteiger partial charge in [-0.05, 0) is 44.2 Å². The molecule has 0 spiro atoms. The van der Waals surface area contributed by atoms with Crippen LogP contribution in [0.5, 0.6) is 11.5 Å². The van der Waals surface area contributed by atoms with Crippen molar-refractivity contribution >= 4 is 27.6 Å². The summed E-state index contributed by atoms with van der Waals surface area (Å²) in [4.78, 5) is 14.6. The minimum absolute atomic E-state index is 0.0748. The Morgan fingerprint density at radius 1 is 1.36 bits per heavy atom. The average Bonchev–Trinajstić information content (AvgIpc) is 2.57. The predicted molar refractivity (Wildman–Crippen MR) is 99.2 cm³/mol. The second kappa shape index (κ2) is 5.95. The lowest BCUT2D eigenvalue weighted by atomic mass is 9.90. The van der Waals surface area contributed by atoms with Gasteiger partial charge in [-0.3, -0.25) is 4.90 Å². The molecular weight excluding hydrogens is 384 g/mol. The molecule has 0 aromatic heterocycles. The number of amides is 2. The van der Waals surface area contributed by atoms with Crippen LogP contribution in [0.2, 0.25) is 0 Å². The summed E-state index contributed by atoms with van der Waals surface area (Å²) in [6.45, 7) is 4.41. The van der Waals surface area contributed by atoms with Crippen LogP contribution in [0.25, 0.3) is 0 Å². The Bertz CT molecular complexity index is 841. The zero-order chi connectivity index (χ0) is 17.6. The highest BCUT2D eigenvalue weighted by Gasteiger charge is 2.50. The monoisotopic (exact) mass is 402 g/mol. The summed E-state index contributed by atoms with van der Waals surface area (Å²) in [5, 5.41) is 3.10. The second-order valence-electron chi connectivity index (χ2n) is 6.40. The van der Waals surface area contributed by atoms with E-state index in [1.165, 1.54) is 0 Å². The number of carbonyl (C=O) groups excluding carboxylic acids is 1. The minimum Gasteiger partial charge on any atom is -0.492 e. The van der Waals surface area contributed by atoms with Crippen LogP contribution >= 0.6 is 15.9 Å². The van der Waals surface area contributed by atoms with E-state index in [2.05, 4.69) is 21.2 Å². The SMILES string of the molecule is CCOc1ccccc1N1C(=O)N[C@@H]2C[C@@]1(C)Oc1ccc(Br)cc12. The number of rotatable bonds is 3. The van der Waals surface area contributed by atoms with Gasteiger partial charge in [0.2, 0.25) is 0 Å². The van der Waals surface area contributed by atoms with E-state index in [1.807, 2.05) is 56.3 Å². The number of nitrogens with zero attached hydrogens (tertiary/aromatic N) is 1. The molecule has 2 bridgehead atoms. The molecule has 2 aromatic rings. The quantitative estimate of drug-likeness (QED) is 0.814. The van der Waals surface area contributed by atoms with E-state index >= 15 is 0 Å². The van der Waals surface area contributed by atoms with E-state index in [9.17, 15) is 4.79 Å². The van der Waals surface area contributed by atoms with Gasteiger partial charge in [0, 0.05) is 16.5 Å².